The van der Waals surface area contributed by atoms with E-state index < -0.39 is 0 Å². The third kappa shape index (κ3) is 3.44. The first-order valence-corrected chi connectivity index (χ1v) is 8.06. The van der Waals surface area contributed by atoms with E-state index >= 15 is 0 Å². The summed E-state index contributed by atoms with van der Waals surface area (Å²) < 4.78 is 13.6. The second kappa shape index (κ2) is 6.42. The molecule has 2 atom stereocenters. The number of rotatable bonds is 3. The third-order valence-electron chi connectivity index (χ3n) is 5.09. The molecule has 2 aliphatic rings. The molecule has 0 aromatic heterocycles. The standard InChI is InChI=1S/C17H26FN3/c1-20-5-2-3-15-12-21(6-4-17(15)20)11-14-7-13(10-19)8-16(18)9-14/h7-9,15,17H,2-6,10-12,19H2,1H3. The Labute approximate surface area is 126 Å². The largest absolute Gasteiger partial charge is 0.326 e. The van der Waals surface area contributed by atoms with Crippen molar-refractivity contribution in [2.45, 2.75) is 38.4 Å². The number of hydrogen-bond acceptors (Lipinski definition) is 3. The summed E-state index contributed by atoms with van der Waals surface area (Å²) in [5.41, 5.74) is 7.58. The van der Waals surface area contributed by atoms with Gasteiger partial charge in [-0.2, -0.15) is 0 Å². The quantitative estimate of drug-likeness (QED) is 0.926. The Morgan fingerprint density at radius 1 is 1.19 bits per heavy atom. The van der Waals surface area contributed by atoms with E-state index in [1.54, 1.807) is 6.07 Å². The molecule has 0 spiro atoms. The highest BCUT2D eigenvalue weighted by Gasteiger charge is 2.33. The summed E-state index contributed by atoms with van der Waals surface area (Å²) in [7, 11) is 2.26. The van der Waals surface area contributed by atoms with Crippen LogP contribution in [0.1, 0.15) is 30.4 Å². The van der Waals surface area contributed by atoms with Crippen LogP contribution in [0.5, 0.6) is 0 Å². The minimum absolute atomic E-state index is 0.166. The molecule has 3 nitrogen and oxygen atoms in total. The highest BCUT2D eigenvalue weighted by Crippen LogP contribution is 2.30. The first kappa shape index (κ1) is 14.9. The van der Waals surface area contributed by atoms with Crippen LogP contribution in [0, 0.1) is 11.7 Å². The van der Waals surface area contributed by atoms with Crippen LogP contribution in [0.4, 0.5) is 4.39 Å². The number of piperidine rings is 2. The van der Waals surface area contributed by atoms with Gasteiger partial charge in [0.05, 0.1) is 0 Å². The third-order valence-corrected chi connectivity index (χ3v) is 5.09. The number of hydrogen-bond donors (Lipinski definition) is 1. The van der Waals surface area contributed by atoms with E-state index in [2.05, 4.69) is 16.8 Å². The number of nitrogens with two attached hydrogens (primary N) is 1. The number of benzene rings is 1. The summed E-state index contributed by atoms with van der Waals surface area (Å²) >= 11 is 0. The Kier molecular flexibility index (Phi) is 4.57. The second-order valence-electron chi connectivity index (χ2n) is 6.65. The van der Waals surface area contributed by atoms with Crippen LogP contribution in [-0.2, 0) is 13.1 Å². The maximum absolute atomic E-state index is 13.6. The molecule has 0 bridgehead atoms. The van der Waals surface area contributed by atoms with Crippen molar-refractivity contribution in [1.82, 2.24) is 9.80 Å². The Hall–Kier alpha value is -0.970. The van der Waals surface area contributed by atoms with Crippen LogP contribution >= 0.6 is 0 Å². The molecule has 2 unspecified atom stereocenters. The van der Waals surface area contributed by atoms with Crippen LogP contribution in [0.15, 0.2) is 18.2 Å². The number of likely N-dealkylation sites (tertiary alicyclic amines) is 2. The molecule has 21 heavy (non-hydrogen) atoms. The molecule has 1 aromatic carbocycles. The molecule has 2 fully saturated rings. The van der Waals surface area contributed by atoms with Crippen molar-refractivity contribution in [3.63, 3.8) is 0 Å². The predicted molar refractivity (Wildman–Crippen MR) is 83.3 cm³/mol. The number of fused-ring (bicyclic) bond motifs is 1. The first-order valence-electron chi connectivity index (χ1n) is 8.06. The number of nitrogens with zero attached hydrogens (tertiary/aromatic N) is 2. The van der Waals surface area contributed by atoms with Crippen molar-refractivity contribution in [3.05, 3.63) is 35.1 Å². The van der Waals surface area contributed by atoms with E-state index in [0.29, 0.717) is 6.54 Å². The lowest BCUT2D eigenvalue weighted by Crippen LogP contribution is -2.52. The molecular formula is C17H26FN3. The SMILES string of the molecule is CN1CCCC2CN(Cc3cc(F)cc(CN)c3)CCC21. The molecular weight excluding hydrogens is 265 g/mol. The zero-order chi connectivity index (χ0) is 14.8. The maximum Gasteiger partial charge on any atom is 0.123 e. The van der Waals surface area contributed by atoms with Crippen LogP contribution < -0.4 is 5.73 Å². The summed E-state index contributed by atoms with van der Waals surface area (Å²) in [6, 6.07) is 5.98. The van der Waals surface area contributed by atoms with Crippen LogP contribution in [0.2, 0.25) is 0 Å². The van der Waals surface area contributed by atoms with Gasteiger partial charge in [-0.05, 0) is 68.6 Å². The molecule has 2 N–H and O–H groups in total. The van der Waals surface area contributed by atoms with Gasteiger partial charge in [-0.1, -0.05) is 6.07 Å². The van der Waals surface area contributed by atoms with Gasteiger partial charge in [0.2, 0.25) is 0 Å². The van der Waals surface area contributed by atoms with Gasteiger partial charge in [0, 0.05) is 25.7 Å². The fraction of sp³-hybridized carbons (Fsp3) is 0.647. The average Bonchev–Trinajstić information content (AvgIpc) is 2.46. The highest BCUT2D eigenvalue weighted by atomic mass is 19.1. The lowest BCUT2D eigenvalue weighted by atomic mass is 9.84. The van der Waals surface area contributed by atoms with Crippen molar-refractivity contribution in [3.8, 4) is 0 Å². The van der Waals surface area contributed by atoms with Crippen LogP contribution in [0.3, 0.4) is 0 Å². The van der Waals surface area contributed by atoms with Gasteiger partial charge >= 0.3 is 0 Å². The Bertz CT molecular complexity index is 491. The second-order valence-corrected chi connectivity index (χ2v) is 6.65. The van der Waals surface area contributed by atoms with Gasteiger partial charge in [-0.15, -0.1) is 0 Å². The first-order chi connectivity index (χ1) is 10.2. The average molecular weight is 291 g/mol. The molecule has 0 radical (unpaired) electrons. The molecule has 3 rings (SSSR count). The molecule has 0 amide bonds. The van der Waals surface area contributed by atoms with Crippen LogP contribution in [-0.4, -0.2) is 42.5 Å². The summed E-state index contributed by atoms with van der Waals surface area (Å²) in [6.07, 6.45) is 3.88. The molecule has 2 heterocycles. The molecule has 1 aromatic rings. The minimum atomic E-state index is -0.166. The molecule has 0 aliphatic carbocycles. The van der Waals surface area contributed by atoms with Gasteiger partial charge in [0.1, 0.15) is 5.82 Å². The van der Waals surface area contributed by atoms with Gasteiger partial charge in [-0.3, -0.25) is 4.90 Å². The zero-order valence-electron chi connectivity index (χ0n) is 12.9. The normalized spacial score (nSPS) is 27.6. The van der Waals surface area contributed by atoms with Crippen LogP contribution in [0.25, 0.3) is 0 Å². The monoisotopic (exact) mass is 291 g/mol. The predicted octanol–water partition coefficient (Wildman–Crippen LogP) is 2.20. The lowest BCUT2D eigenvalue weighted by molar-refractivity contribution is 0.0354. The van der Waals surface area contributed by atoms with Crippen molar-refractivity contribution >= 4 is 0 Å². The summed E-state index contributed by atoms with van der Waals surface area (Å²) in [4.78, 5) is 5.01. The van der Waals surface area contributed by atoms with Gasteiger partial charge in [-0.25, -0.2) is 4.39 Å². The minimum Gasteiger partial charge on any atom is -0.326 e. The lowest BCUT2D eigenvalue weighted by Gasteiger charge is -2.46. The Morgan fingerprint density at radius 2 is 2.00 bits per heavy atom. The summed E-state index contributed by atoms with van der Waals surface area (Å²) in [5.74, 6) is 0.611. The summed E-state index contributed by atoms with van der Waals surface area (Å²) in [5, 5.41) is 0. The fourth-order valence-electron chi connectivity index (χ4n) is 4.06. The summed E-state index contributed by atoms with van der Waals surface area (Å²) in [6.45, 7) is 4.74. The number of halogens is 1. The molecule has 0 saturated carbocycles. The molecule has 4 heteroatoms. The Balaban J connectivity index is 1.65. The fourth-order valence-corrected chi connectivity index (χ4v) is 4.06. The zero-order valence-corrected chi connectivity index (χ0v) is 12.9. The van der Waals surface area contributed by atoms with Crippen molar-refractivity contribution in [2.75, 3.05) is 26.7 Å². The van der Waals surface area contributed by atoms with Crippen molar-refractivity contribution in [2.24, 2.45) is 11.7 Å². The van der Waals surface area contributed by atoms with Gasteiger partial charge in [0.15, 0.2) is 0 Å². The maximum atomic E-state index is 13.6. The Morgan fingerprint density at radius 3 is 2.81 bits per heavy atom. The van der Waals surface area contributed by atoms with E-state index in [0.717, 1.165) is 42.7 Å². The molecule has 116 valence electrons. The van der Waals surface area contributed by atoms with E-state index in [9.17, 15) is 4.39 Å². The van der Waals surface area contributed by atoms with E-state index in [1.807, 2.05) is 6.07 Å². The van der Waals surface area contributed by atoms with Gasteiger partial charge < -0.3 is 10.6 Å². The topological polar surface area (TPSA) is 32.5 Å². The molecule has 2 aliphatic heterocycles. The van der Waals surface area contributed by atoms with Crippen molar-refractivity contribution < 1.29 is 4.39 Å². The van der Waals surface area contributed by atoms with E-state index in [1.165, 1.54) is 31.9 Å². The smallest absolute Gasteiger partial charge is 0.123 e. The van der Waals surface area contributed by atoms with E-state index in [-0.39, 0.29) is 5.82 Å². The highest BCUT2D eigenvalue weighted by molar-refractivity contribution is 5.24. The van der Waals surface area contributed by atoms with E-state index in [4.69, 9.17) is 5.73 Å². The van der Waals surface area contributed by atoms with Crippen molar-refractivity contribution in [1.29, 1.82) is 0 Å². The molecule has 2 saturated heterocycles. The van der Waals surface area contributed by atoms with Gasteiger partial charge in [0.25, 0.3) is 0 Å².